The van der Waals surface area contributed by atoms with Crippen LogP contribution < -0.4 is 0 Å². The van der Waals surface area contributed by atoms with Crippen LogP contribution in [0.25, 0.3) is 0 Å². The van der Waals surface area contributed by atoms with Crippen LogP contribution in [-0.4, -0.2) is 29.1 Å². The molecule has 3 rings (SSSR count). The maximum absolute atomic E-state index is 12.3. The largest absolute Gasteiger partial charge is 0.462 e. The number of aliphatic hydroxyl groups is 1. The van der Waals surface area contributed by atoms with Gasteiger partial charge in [-0.3, -0.25) is 9.59 Å². The number of rotatable bonds is 0. The predicted octanol–water partition coefficient (Wildman–Crippen LogP) is 1.55. The molecule has 1 aliphatic heterocycles. The van der Waals surface area contributed by atoms with Crippen molar-refractivity contribution in [2.24, 2.45) is 29.1 Å². The summed E-state index contributed by atoms with van der Waals surface area (Å²) in [5, 5.41) is 10.8. The second-order valence-electron chi connectivity index (χ2n) is 6.85. The highest BCUT2D eigenvalue weighted by molar-refractivity contribution is 5.88. The first-order chi connectivity index (χ1) is 8.87. The van der Waals surface area contributed by atoms with Crippen molar-refractivity contribution in [1.82, 2.24) is 0 Å². The van der Waals surface area contributed by atoms with Gasteiger partial charge in [-0.2, -0.15) is 0 Å². The van der Waals surface area contributed by atoms with E-state index in [2.05, 4.69) is 6.92 Å². The van der Waals surface area contributed by atoms with Gasteiger partial charge in [0.2, 0.25) is 0 Å². The molecule has 2 saturated carbocycles. The van der Waals surface area contributed by atoms with Crippen molar-refractivity contribution < 1.29 is 19.4 Å². The molecule has 3 aliphatic rings. The predicted molar refractivity (Wildman–Crippen MR) is 68.2 cm³/mol. The topological polar surface area (TPSA) is 63.6 Å². The van der Waals surface area contributed by atoms with E-state index in [0.717, 1.165) is 12.8 Å². The Bertz CT molecular complexity index is 432. The molecule has 106 valence electrons. The van der Waals surface area contributed by atoms with Crippen molar-refractivity contribution in [1.29, 1.82) is 0 Å². The summed E-state index contributed by atoms with van der Waals surface area (Å²) >= 11 is 0. The number of hydrogen-bond donors (Lipinski definition) is 1. The fraction of sp³-hybridized carbons (Fsp3) is 0.867. The molecule has 1 saturated heterocycles. The smallest absolute Gasteiger partial charge is 0.309 e. The van der Waals surface area contributed by atoms with Gasteiger partial charge in [-0.05, 0) is 31.6 Å². The van der Waals surface area contributed by atoms with Gasteiger partial charge in [0.05, 0.1) is 17.4 Å². The van der Waals surface area contributed by atoms with Crippen LogP contribution in [0, 0.1) is 29.1 Å². The second-order valence-corrected chi connectivity index (χ2v) is 6.85. The third-order valence-electron chi connectivity index (χ3n) is 5.97. The van der Waals surface area contributed by atoms with E-state index in [1.807, 2.05) is 13.8 Å². The Hall–Kier alpha value is -0.900. The Morgan fingerprint density at radius 1 is 1.32 bits per heavy atom. The molecule has 3 fully saturated rings. The van der Waals surface area contributed by atoms with Crippen LogP contribution in [0.15, 0.2) is 0 Å². The van der Waals surface area contributed by atoms with E-state index in [0.29, 0.717) is 12.3 Å². The molecule has 4 nitrogen and oxygen atoms in total. The lowest BCUT2D eigenvalue weighted by atomic mass is 9.67. The molecule has 0 aromatic heterocycles. The number of hydrogen-bond acceptors (Lipinski definition) is 4. The fourth-order valence-electron chi connectivity index (χ4n) is 4.75. The fourth-order valence-corrected chi connectivity index (χ4v) is 4.75. The van der Waals surface area contributed by atoms with Crippen LogP contribution in [0.5, 0.6) is 0 Å². The van der Waals surface area contributed by atoms with Crippen LogP contribution in [0.1, 0.15) is 40.0 Å². The standard InChI is InChI=1S/C15H22O4/c1-7-6-10-12(8(2)14(18)19-10)13(17)15(3)9(7)4-5-11(15)16/h7-10,12-13,17H,4-6H2,1-3H3/t7-,8?,9+,10-,12-,13+,15+/m1/s1. The Labute approximate surface area is 113 Å². The zero-order valence-corrected chi connectivity index (χ0v) is 11.8. The van der Waals surface area contributed by atoms with E-state index < -0.39 is 11.5 Å². The van der Waals surface area contributed by atoms with Crippen molar-refractivity contribution in [3.05, 3.63) is 0 Å². The molecule has 1 unspecified atom stereocenters. The quantitative estimate of drug-likeness (QED) is 0.676. The van der Waals surface area contributed by atoms with Crippen LogP contribution in [-0.2, 0) is 14.3 Å². The van der Waals surface area contributed by atoms with Crippen molar-refractivity contribution in [2.75, 3.05) is 0 Å². The number of carbonyl (C=O) groups excluding carboxylic acids is 2. The highest BCUT2D eigenvalue weighted by atomic mass is 16.6. The number of fused-ring (bicyclic) bond motifs is 2. The lowest BCUT2D eigenvalue weighted by Gasteiger charge is -2.37. The monoisotopic (exact) mass is 266 g/mol. The summed E-state index contributed by atoms with van der Waals surface area (Å²) in [6, 6.07) is 0. The average Bonchev–Trinajstić information content (AvgIpc) is 2.77. The Morgan fingerprint density at radius 3 is 2.68 bits per heavy atom. The third-order valence-corrected chi connectivity index (χ3v) is 5.97. The van der Waals surface area contributed by atoms with Gasteiger partial charge < -0.3 is 9.84 Å². The van der Waals surface area contributed by atoms with Gasteiger partial charge in [0.1, 0.15) is 11.9 Å². The first-order valence-electron chi connectivity index (χ1n) is 7.29. The number of Topliss-reactive ketones (excluding diaryl/α,β-unsaturated/α-hetero) is 1. The van der Waals surface area contributed by atoms with E-state index in [9.17, 15) is 14.7 Å². The molecule has 0 amide bonds. The van der Waals surface area contributed by atoms with Gasteiger partial charge in [-0.1, -0.05) is 13.8 Å². The van der Waals surface area contributed by atoms with Crippen LogP contribution in [0.3, 0.4) is 0 Å². The lowest BCUT2D eigenvalue weighted by Crippen LogP contribution is -2.47. The van der Waals surface area contributed by atoms with Crippen molar-refractivity contribution in [3.8, 4) is 0 Å². The van der Waals surface area contributed by atoms with Gasteiger partial charge in [-0.15, -0.1) is 0 Å². The Kier molecular flexibility index (Phi) is 2.79. The molecule has 0 aromatic carbocycles. The van der Waals surface area contributed by atoms with Gasteiger partial charge in [0.25, 0.3) is 0 Å². The molecule has 0 aromatic rings. The molecule has 2 aliphatic carbocycles. The maximum Gasteiger partial charge on any atom is 0.309 e. The average molecular weight is 266 g/mol. The van der Waals surface area contributed by atoms with Crippen LogP contribution in [0.2, 0.25) is 0 Å². The first-order valence-corrected chi connectivity index (χ1v) is 7.29. The zero-order chi connectivity index (χ0) is 13.9. The number of ether oxygens (including phenoxy) is 1. The van der Waals surface area contributed by atoms with Crippen LogP contribution >= 0.6 is 0 Å². The van der Waals surface area contributed by atoms with E-state index in [-0.39, 0.29) is 35.6 Å². The minimum Gasteiger partial charge on any atom is -0.462 e. The summed E-state index contributed by atoms with van der Waals surface area (Å²) in [4.78, 5) is 24.1. The molecule has 0 radical (unpaired) electrons. The van der Waals surface area contributed by atoms with E-state index in [1.165, 1.54) is 0 Å². The summed E-state index contributed by atoms with van der Waals surface area (Å²) < 4.78 is 5.43. The molecule has 19 heavy (non-hydrogen) atoms. The molecular formula is C15H22O4. The SMILES string of the molecule is CC1C(=O)O[C@@H]2C[C@@H](C)[C@@H]3CCC(=O)[C@@]3(C)[C@@H](O)[C@H]12. The van der Waals surface area contributed by atoms with Crippen molar-refractivity contribution >= 4 is 11.8 Å². The maximum atomic E-state index is 12.3. The summed E-state index contributed by atoms with van der Waals surface area (Å²) in [7, 11) is 0. The molecular weight excluding hydrogens is 244 g/mol. The van der Waals surface area contributed by atoms with Crippen LogP contribution in [0.4, 0.5) is 0 Å². The molecule has 0 bridgehead atoms. The Balaban J connectivity index is 2.04. The van der Waals surface area contributed by atoms with Gasteiger partial charge in [0.15, 0.2) is 0 Å². The summed E-state index contributed by atoms with van der Waals surface area (Å²) in [6.07, 6.45) is 1.20. The molecule has 7 atom stereocenters. The minimum atomic E-state index is -0.760. The minimum absolute atomic E-state index is 0.157. The Morgan fingerprint density at radius 2 is 2.00 bits per heavy atom. The van der Waals surface area contributed by atoms with E-state index in [1.54, 1.807) is 0 Å². The summed E-state index contributed by atoms with van der Waals surface area (Å²) in [6.45, 7) is 5.82. The van der Waals surface area contributed by atoms with Gasteiger partial charge >= 0.3 is 5.97 Å². The molecule has 1 heterocycles. The summed E-state index contributed by atoms with van der Waals surface area (Å²) in [5.74, 6) is -0.0910. The van der Waals surface area contributed by atoms with Gasteiger partial charge in [0, 0.05) is 12.3 Å². The second kappa shape index (κ2) is 4.05. The number of aliphatic hydroxyl groups excluding tert-OH is 1. The molecule has 1 N–H and O–H groups in total. The number of carbonyl (C=O) groups is 2. The molecule has 4 heteroatoms. The lowest BCUT2D eigenvalue weighted by molar-refractivity contribution is -0.145. The van der Waals surface area contributed by atoms with E-state index in [4.69, 9.17) is 4.74 Å². The first kappa shape index (κ1) is 13.1. The van der Waals surface area contributed by atoms with E-state index >= 15 is 0 Å². The highest BCUT2D eigenvalue weighted by Gasteiger charge is 2.61. The van der Waals surface area contributed by atoms with Crippen molar-refractivity contribution in [3.63, 3.8) is 0 Å². The third kappa shape index (κ3) is 1.55. The normalized spacial score (nSPS) is 53.5. The number of ketones is 1. The summed E-state index contributed by atoms with van der Waals surface area (Å²) in [5.41, 5.74) is -0.693. The molecule has 0 spiro atoms. The zero-order valence-electron chi connectivity index (χ0n) is 11.8. The highest BCUT2D eigenvalue weighted by Crippen LogP contribution is 2.55. The number of esters is 1. The van der Waals surface area contributed by atoms with Crippen molar-refractivity contribution in [2.45, 2.75) is 52.2 Å². The van der Waals surface area contributed by atoms with Gasteiger partial charge in [-0.25, -0.2) is 0 Å².